The van der Waals surface area contributed by atoms with Gasteiger partial charge in [-0.05, 0) is 37.3 Å². The lowest BCUT2D eigenvalue weighted by Crippen LogP contribution is -2.38. The van der Waals surface area contributed by atoms with E-state index >= 15 is 0 Å². The van der Waals surface area contributed by atoms with E-state index in [-0.39, 0.29) is 28.2 Å². The van der Waals surface area contributed by atoms with E-state index in [4.69, 9.17) is 4.74 Å². The number of amides is 2. The molecule has 0 radical (unpaired) electrons. The molecule has 10 nitrogen and oxygen atoms in total. The van der Waals surface area contributed by atoms with E-state index in [9.17, 15) is 32.8 Å². The Kier molecular flexibility index (Phi) is 8.98. The van der Waals surface area contributed by atoms with Gasteiger partial charge in [0.05, 0.1) is 18.8 Å². The van der Waals surface area contributed by atoms with Gasteiger partial charge in [0.1, 0.15) is 34.2 Å². The number of hydrogen-bond donors (Lipinski definition) is 3. The van der Waals surface area contributed by atoms with E-state index in [2.05, 4.69) is 10.6 Å². The van der Waals surface area contributed by atoms with Gasteiger partial charge in [0, 0.05) is 24.1 Å². The summed E-state index contributed by atoms with van der Waals surface area (Å²) in [6.07, 6.45) is -3.28. The standard InChI is InChI=1S/C27H25F3N6O4S/c1-2-36-25(39)22(41-26(36)19(13-31)24(38)33-16-27(28,29)30)14-32-17-6-5-7-18(12-17)34-23(37)15-35-10-11-40-21-9-4-3-8-20(21)35/h3-9,12,14,32H,2,10-11,15-16H2,1H3,(H,33,38)(H,34,37)/b22-14+,26-19-. The predicted molar refractivity (Wildman–Crippen MR) is 149 cm³/mol. The Bertz CT molecular complexity index is 1680. The summed E-state index contributed by atoms with van der Waals surface area (Å²) >= 11 is 0.798. The van der Waals surface area contributed by atoms with Crippen molar-refractivity contribution >= 4 is 52.0 Å². The third-order valence-electron chi connectivity index (χ3n) is 5.90. The first-order valence-electron chi connectivity index (χ1n) is 12.4. The van der Waals surface area contributed by atoms with E-state index in [1.807, 2.05) is 29.2 Å². The maximum absolute atomic E-state index is 12.9. The highest BCUT2D eigenvalue weighted by atomic mass is 32.1. The van der Waals surface area contributed by atoms with Gasteiger partial charge in [0.25, 0.3) is 11.5 Å². The molecule has 4 rings (SSSR count). The number of nitriles is 1. The molecule has 1 aromatic heterocycles. The number of carbonyl (C=O) groups excluding carboxylic acids is 2. The van der Waals surface area contributed by atoms with Gasteiger partial charge in [-0.25, -0.2) is 0 Å². The molecular weight excluding hydrogens is 561 g/mol. The van der Waals surface area contributed by atoms with Gasteiger partial charge in [0.2, 0.25) is 5.91 Å². The molecule has 41 heavy (non-hydrogen) atoms. The first kappa shape index (κ1) is 29.2. The van der Waals surface area contributed by atoms with Crippen LogP contribution in [0, 0.1) is 11.3 Å². The quantitative estimate of drug-likeness (QED) is 0.368. The van der Waals surface area contributed by atoms with Crippen molar-refractivity contribution in [2.24, 2.45) is 0 Å². The summed E-state index contributed by atoms with van der Waals surface area (Å²) < 4.78 is 44.4. The van der Waals surface area contributed by atoms with E-state index in [0.29, 0.717) is 30.3 Å². The van der Waals surface area contributed by atoms with Crippen molar-refractivity contribution < 1.29 is 27.5 Å². The van der Waals surface area contributed by atoms with Gasteiger partial charge in [0.15, 0.2) is 5.57 Å². The number of fused-ring (bicyclic) bond motifs is 1. The molecule has 2 heterocycles. The second-order valence-corrected chi connectivity index (χ2v) is 9.79. The second-order valence-electron chi connectivity index (χ2n) is 8.76. The second kappa shape index (κ2) is 12.6. The minimum atomic E-state index is -4.65. The van der Waals surface area contributed by atoms with Crippen LogP contribution in [0.1, 0.15) is 6.92 Å². The minimum Gasteiger partial charge on any atom is -0.490 e. The number of ether oxygens (including phenoxy) is 1. The molecule has 3 N–H and O–H groups in total. The number of aromatic nitrogens is 1. The van der Waals surface area contributed by atoms with E-state index in [1.54, 1.807) is 42.6 Å². The maximum atomic E-state index is 12.9. The number of thiazole rings is 1. The van der Waals surface area contributed by atoms with Crippen LogP contribution in [0.5, 0.6) is 5.75 Å². The fourth-order valence-electron chi connectivity index (χ4n) is 4.06. The summed E-state index contributed by atoms with van der Waals surface area (Å²) in [5.74, 6) is -0.745. The fraction of sp³-hybridized carbons (Fsp3) is 0.259. The number of benzene rings is 2. The van der Waals surface area contributed by atoms with E-state index in [1.165, 1.54) is 6.20 Å². The molecule has 0 saturated heterocycles. The number of anilines is 3. The lowest BCUT2D eigenvalue weighted by atomic mass is 10.2. The van der Waals surface area contributed by atoms with Crippen LogP contribution in [0.15, 0.2) is 53.3 Å². The van der Waals surface area contributed by atoms with Gasteiger partial charge in [-0.2, -0.15) is 18.4 Å². The molecule has 0 fully saturated rings. The Balaban J connectivity index is 1.51. The van der Waals surface area contributed by atoms with E-state index < -0.39 is 29.8 Å². The van der Waals surface area contributed by atoms with Gasteiger partial charge < -0.3 is 25.6 Å². The minimum absolute atomic E-state index is 0.0570. The highest BCUT2D eigenvalue weighted by molar-refractivity contribution is 7.07. The zero-order valence-corrected chi connectivity index (χ0v) is 22.6. The number of alkyl halides is 3. The van der Waals surface area contributed by atoms with Crippen LogP contribution in [0.25, 0.3) is 11.8 Å². The molecule has 214 valence electrons. The number of carbonyl (C=O) groups is 2. The lowest BCUT2D eigenvalue weighted by Gasteiger charge is -2.30. The number of hydrogen-bond acceptors (Lipinski definition) is 8. The van der Waals surface area contributed by atoms with Gasteiger partial charge in [-0.1, -0.05) is 18.2 Å². The Morgan fingerprint density at radius 1 is 1.17 bits per heavy atom. The zero-order valence-electron chi connectivity index (χ0n) is 21.7. The van der Waals surface area contributed by atoms with Gasteiger partial charge in [-0.15, -0.1) is 11.3 Å². The van der Waals surface area contributed by atoms with Crippen LogP contribution in [0.2, 0.25) is 0 Å². The number of para-hydroxylation sites is 2. The Labute approximate surface area is 236 Å². The van der Waals surface area contributed by atoms with Crippen molar-refractivity contribution in [3.8, 4) is 11.8 Å². The molecule has 2 amide bonds. The molecule has 14 heteroatoms. The molecule has 0 atom stereocenters. The van der Waals surface area contributed by atoms with Crippen LogP contribution >= 0.6 is 11.3 Å². The van der Waals surface area contributed by atoms with Crippen molar-refractivity contribution in [1.82, 2.24) is 9.88 Å². The first-order chi connectivity index (χ1) is 19.6. The molecule has 0 spiro atoms. The average molecular weight is 587 g/mol. The molecule has 1 aliphatic heterocycles. The zero-order chi connectivity index (χ0) is 29.6. The molecule has 0 bridgehead atoms. The number of rotatable bonds is 8. The summed E-state index contributed by atoms with van der Waals surface area (Å²) in [5.41, 5.74) is 0.761. The normalized spacial score (nSPS) is 13.9. The lowest BCUT2D eigenvalue weighted by molar-refractivity contribution is -0.135. The van der Waals surface area contributed by atoms with Gasteiger partial charge in [-0.3, -0.25) is 19.0 Å². The summed E-state index contributed by atoms with van der Waals surface area (Å²) in [6.45, 7) is 1.24. The van der Waals surface area contributed by atoms with Crippen LogP contribution in [-0.4, -0.2) is 48.8 Å². The Morgan fingerprint density at radius 2 is 1.93 bits per heavy atom. The molecule has 0 aliphatic carbocycles. The molecule has 1 aliphatic rings. The van der Waals surface area contributed by atoms with Gasteiger partial charge >= 0.3 is 6.18 Å². The first-order valence-corrected chi connectivity index (χ1v) is 13.2. The van der Waals surface area contributed by atoms with E-state index in [0.717, 1.165) is 21.6 Å². The maximum Gasteiger partial charge on any atom is 0.405 e. The Hall–Kier alpha value is -4.77. The summed E-state index contributed by atoms with van der Waals surface area (Å²) in [7, 11) is 0. The monoisotopic (exact) mass is 586 g/mol. The van der Waals surface area contributed by atoms with Crippen molar-refractivity contribution in [3.63, 3.8) is 0 Å². The summed E-state index contributed by atoms with van der Waals surface area (Å²) in [4.78, 5) is 39.8. The summed E-state index contributed by atoms with van der Waals surface area (Å²) in [6, 6.07) is 15.8. The smallest absolute Gasteiger partial charge is 0.405 e. The average Bonchev–Trinajstić information content (AvgIpc) is 3.25. The van der Waals surface area contributed by atoms with Crippen LogP contribution in [-0.2, 0) is 16.1 Å². The fourth-order valence-corrected chi connectivity index (χ4v) is 5.14. The highest BCUT2D eigenvalue weighted by Crippen LogP contribution is 2.30. The molecule has 3 aromatic rings. The largest absolute Gasteiger partial charge is 0.490 e. The Morgan fingerprint density at radius 3 is 2.66 bits per heavy atom. The highest BCUT2D eigenvalue weighted by Gasteiger charge is 2.29. The topological polar surface area (TPSA) is 128 Å². The van der Waals surface area contributed by atoms with Crippen molar-refractivity contribution in [3.05, 3.63) is 68.1 Å². The number of nitrogens with zero attached hydrogens (tertiary/aromatic N) is 3. The summed E-state index contributed by atoms with van der Waals surface area (Å²) in [5, 5.41) is 16.9. The molecule has 0 unspecified atom stereocenters. The van der Waals surface area contributed by atoms with Crippen LogP contribution < -0.4 is 40.3 Å². The number of halogens is 3. The molecule has 2 aromatic carbocycles. The van der Waals surface area contributed by atoms with Crippen molar-refractivity contribution in [1.29, 1.82) is 5.26 Å². The third kappa shape index (κ3) is 7.25. The third-order valence-corrected chi connectivity index (χ3v) is 7.03. The SMILES string of the molecule is CCn1c(=O)/c(=C\Nc2cccc(NC(=O)CN3CCOc4ccccc43)c2)s/c1=C(/C#N)C(=O)NCC(F)(F)F. The molecule has 0 saturated carbocycles. The molecular formula is C27H25F3N6O4S. The van der Waals surface area contributed by atoms with Crippen molar-refractivity contribution in [2.45, 2.75) is 19.6 Å². The number of nitrogens with one attached hydrogen (secondary N) is 3. The van der Waals surface area contributed by atoms with Crippen LogP contribution in [0.3, 0.4) is 0 Å². The predicted octanol–water partition coefficient (Wildman–Crippen LogP) is 1.97. The van der Waals surface area contributed by atoms with Crippen LogP contribution in [0.4, 0.5) is 30.2 Å². The van der Waals surface area contributed by atoms with Crippen molar-refractivity contribution in [2.75, 3.05) is 41.8 Å².